The number of rotatable bonds is 7. The van der Waals surface area contributed by atoms with E-state index in [9.17, 15) is 4.79 Å². The first-order chi connectivity index (χ1) is 11.7. The fourth-order valence-electron chi connectivity index (χ4n) is 2.67. The molecule has 0 radical (unpaired) electrons. The first kappa shape index (κ1) is 17.7. The van der Waals surface area contributed by atoms with Crippen LogP contribution in [0.25, 0.3) is 0 Å². The fourth-order valence-corrected chi connectivity index (χ4v) is 5.32. The van der Waals surface area contributed by atoms with Gasteiger partial charge in [-0.2, -0.15) is 0 Å². The minimum Gasteiger partial charge on any atom is -0.357 e. The lowest BCUT2D eigenvalue weighted by molar-refractivity contribution is -0.120. The molecule has 2 aromatic heterocycles. The smallest absolute Gasteiger partial charge is 0.233 e. The van der Waals surface area contributed by atoms with Crippen LogP contribution in [0, 0.1) is 0 Å². The molecule has 3 rings (SSSR count). The number of thioether (sulfide) groups is 1. The zero-order valence-corrected chi connectivity index (χ0v) is 16.1. The largest absolute Gasteiger partial charge is 0.357 e. The highest BCUT2D eigenvalue weighted by molar-refractivity contribution is 8.02. The van der Waals surface area contributed by atoms with Crippen LogP contribution in [0.1, 0.15) is 43.9 Å². The van der Waals surface area contributed by atoms with E-state index in [4.69, 9.17) is 0 Å². The van der Waals surface area contributed by atoms with Gasteiger partial charge in [-0.15, -0.1) is 21.5 Å². The lowest BCUT2D eigenvalue weighted by Gasteiger charge is -2.21. The van der Waals surface area contributed by atoms with Crippen molar-refractivity contribution >= 4 is 45.5 Å². The Morgan fingerprint density at radius 3 is 2.96 bits per heavy atom. The van der Waals surface area contributed by atoms with E-state index in [1.807, 2.05) is 24.4 Å². The molecule has 1 amide bonds. The predicted octanol–water partition coefficient (Wildman–Crippen LogP) is 4.14. The van der Waals surface area contributed by atoms with Crippen molar-refractivity contribution in [3.63, 3.8) is 0 Å². The zero-order chi connectivity index (χ0) is 16.8. The Bertz CT molecular complexity index is 638. The van der Waals surface area contributed by atoms with Crippen LogP contribution in [-0.4, -0.2) is 27.4 Å². The van der Waals surface area contributed by atoms with Crippen molar-refractivity contribution in [2.24, 2.45) is 0 Å². The average Bonchev–Trinajstić information content (AvgIpc) is 3.25. The number of anilines is 1. The van der Waals surface area contributed by atoms with E-state index in [0.29, 0.717) is 12.6 Å². The number of hydrogen-bond acceptors (Lipinski definition) is 7. The molecule has 0 bridgehead atoms. The van der Waals surface area contributed by atoms with E-state index in [1.165, 1.54) is 55.2 Å². The number of hydrogen-bond donors (Lipinski definition) is 2. The molecule has 2 heterocycles. The normalized spacial score (nSPS) is 16.7. The SMILES string of the molecule is CC(Sc1nnc(NC2CCCCC2)s1)C(=O)NCc1cccs1. The second-order valence-electron chi connectivity index (χ2n) is 5.91. The topological polar surface area (TPSA) is 66.9 Å². The molecule has 0 saturated heterocycles. The van der Waals surface area contributed by atoms with Gasteiger partial charge in [-0.25, -0.2) is 0 Å². The highest BCUT2D eigenvalue weighted by atomic mass is 32.2. The van der Waals surface area contributed by atoms with Crippen LogP contribution in [0.2, 0.25) is 0 Å². The minimum absolute atomic E-state index is 0.0328. The number of nitrogens with one attached hydrogen (secondary N) is 2. The van der Waals surface area contributed by atoms with Gasteiger partial charge in [0.2, 0.25) is 11.0 Å². The van der Waals surface area contributed by atoms with E-state index in [1.54, 1.807) is 11.3 Å². The standard InChI is InChI=1S/C16H22N4OS3/c1-11(14(21)17-10-13-8-5-9-22-13)23-16-20-19-15(24-16)18-12-6-3-2-4-7-12/h5,8-9,11-12H,2-4,6-7,10H2,1H3,(H,17,21)(H,18,19). The lowest BCUT2D eigenvalue weighted by atomic mass is 9.96. The van der Waals surface area contributed by atoms with E-state index in [-0.39, 0.29) is 11.2 Å². The van der Waals surface area contributed by atoms with Gasteiger partial charge in [0.25, 0.3) is 0 Å². The molecule has 1 saturated carbocycles. The molecule has 0 spiro atoms. The van der Waals surface area contributed by atoms with Crippen LogP contribution >= 0.6 is 34.4 Å². The Morgan fingerprint density at radius 2 is 2.21 bits per heavy atom. The molecule has 2 N–H and O–H groups in total. The van der Waals surface area contributed by atoms with Crippen molar-refractivity contribution in [3.05, 3.63) is 22.4 Å². The Kier molecular flexibility index (Phi) is 6.51. The van der Waals surface area contributed by atoms with Crippen molar-refractivity contribution in [2.75, 3.05) is 5.32 Å². The Hall–Kier alpha value is -1.12. The third-order valence-electron chi connectivity index (χ3n) is 4.00. The summed E-state index contributed by atoms with van der Waals surface area (Å²) in [5.74, 6) is 0.0328. The predicted molar refractivity (Wildman–Crippen MR) is 102 cm³/mol. The monoisotopic (exact) mass is 382 g/mol. The first-order valence-corrected chi connectivity index (χ1v) is 10.8. The second kappa shape index (κ2) is 8.82. The molecule has 1 aliphatic rings. The quantitative estimate of drug-likeness (QED) is 0.705. The molecule has 1 fully saturated rings. The summed E-state index contributed by atoms with van der Waals surface area (Å²) in [5, 5.41) is 17.6. The van der Waals surface area contributed by atoms with Crippen LogP contribution in [0.4, 0.5) is 5.13 Å². The van der Waals surface area contributed by atoms with Crippen LogP contribution in [0.15, 0.2) is 21.9 Å². The summed E-state index contributed by atoms with van der Waals surface area (Å²) in [6.45, 7) is 2.50. The van der Waals surface area contributed by atoms with Gasteiger partial charge in [0.1, 0.15) is 0 Å². The molecular formula is C16H22N4OS3. The highest BCUT2D eigenvalue weighted by Gasteiger charge is 2.19. The summed E-state index contributed by atoms with van der Waals surface area (Å²) < 4.78 is 0.840. The summed E-state index contributed by atoms with van der Waals surface area (Å²) in [6, 6.07) is 4.54. The molecular weight excluding hydrogens is 360 g/mol. The van der Waals surface area contributed by atoms with E-state index < -0.39 is 0 Å². The summed E-state index contributed by atoms with van der Waals surface area (Å²) >= 11 is 4.66. The van der Waals surface area contributed by atoms with Crippen LogP contribution < -0.4 is 10.6 Å². The van der Waals surface area contributed by atoms with Gasteiger partial charge >= 0.3 is 0 Å². The third-order valence-corrected chi connectivity index (χ3v) is 6.92. The van der Waals surface area contributed by atoms with Gasteiger partial charge in [-0.3, -0.25) is 4.79 Å². The molecule has 0 aliphatic heterocycles. The van der Waals surface area contributed by atoms with Crippen molar-refractivity contribution in [1.82, 2.24) is 15.5 Å². The zero-order valence-electron chi connectivity index (χ0n) is 13.7. The van der Waals surface area contributed by atoms with E-state index in [0.717, 1.165) is 14.3 Å². The number of carbonyl (C=O) groups is 1. The number of nitrogens with zero attached hydrogens (tertiary/aromatic N) is 2. The maximum atomic E-state index is 12.2. The van der Waals surface area contributed by atoms with E-state index >= 15 is 0 Å². The Morgan fingerprint density at radius 1 is 1.38 bits per heavy atom. The number of carbonyl (C=O) groups excluding carboxylic acids is 1. The molecule has 1 aliphatic carbocycles. The first-order valence-electron chi connectivity index (χ1n) is 8.27. The van der Waals surface area contributed by atoms with Crippen molar-refractivity contribution in [3.8, 4) is 0 Å². The van der Waals surface area contributed by atoms with Crippen molar-refractivity contribution in [2.45, 2.75) is 61.2 Å². The van der Waals surface area contributed by atoms with Gasteiger partial charge in [-0.05, 0) is 31.2 Å². The lowest BCUT2D eigenvalue weighted by Crippen LogP contribution is -2.30. The van der Waals surface area contributed by atoms with Gasteiger partial charge in [0, 0.05) is 10.9 Å². The van der Waals surface area contributed by atoms with Gasteiger partial charge in [-0.1, -0.05) is 48.4 Å². The van der Waals surface area contributed by atoms with Crippen LogP contribution in [0.5, 0.6) is 0 Å². The van der Waals surface area contributed by atoms with Crippen LogP contribution in [-0.2, 0) is 11.3 Å². The molecule has 5 nitrogen and oxygen atoms in total. The summed E-state index contributed by atoms with van der Waals surface area (Å²) in [7, 11) is 0. The fraction of sp³-hybridized carbons (Fsp3) is 0.562. The summed E-state index contributed by atoms with van der Waals surface area (Å²) in [6.07, 6.45) is 6.35. The molecule has 24 heavy (non-hydrogen) atoms. The van der Waals surface area contributed by atoms with E-state index in [2.05, 4.69) is 20.8 Å². The summed E-state index contributed by atoms with van der Waals surface area (Å²) in [5.41, 5.74) is 0. The van der Waals surface area contributed by atoms with Crippen molar-refractivity contribution < 1.29 is 4.79 Å². The number of thiophene rings is 1. The van der Waals surface area contributed by atoms with Crippen LogP contribution in [0.3, 0.4) is 0 Å². The molecule has 2 aromatic rings. The van der Waals surface area contributed by atoms with Gasteiger partial charge < -0.3 is 10.6 Å². The molecule has 8 heteroatoms. The average molecular weight is 383 g/mol. The third kappa shape index (κ3) is 5.19. The van der Waals surface area contributed by atoms with Gasteiger partial charge in [0.05, 0.1) is 11.8 Å². The second-order valence-corrected chi connectivity index (χ2v) is 9.51. The molecule has 0 aromatic carbocycles. The highest BCUT2D eigenvalue weighted by Crippen LogP contribution is 2.30. The number of amides is 1. The molecule has 130 valence electrons. The maximum Gasteiger partial charge on any atom is 0.233 e. The van der Waals surface area contributed by atoms with Crippen molar-refractivity contribution in [1.29, 1.82) is 0 Å². The minimum atomic E-state index is -0.180. The summed E-state index contributed by atoms with van der Waals surface area (Å²) in [4.78, 5) is 13.3. The maximum absolute atomic E-state index is 12.2. The number of aromatic nitrogens is 2. The Balaban J connectivity index is 1.45. The molecule has 1 atom stereocenters. The van der Waals surface area contributed by atoms with Gasteiger partial charge in [0.15, 0.2) is 4.34 Å². The molecule has 1 unspecified atom stereocenters. The Labute approximate surface area is 154 Å².